The van der Waals surface area contributed by atoms with Crippen molar-refractivity contribution in [1.82, 2.24) is 19.9 Å². The van der Waals surface area contributed by atoms with E-state index < -0.39 is 0 Å². The normalized spacial score (nSPS) is 23.3. The molecule has 5 nitrogen and oxygen atoms in total. The van der Waals surface area contributed by atoms with Gasteiger partial charge in [0.25, 0.3) is 0 Å². The second kappa shape index (κ2) is 3.42. The second-order valence-corrected chi connectivity index (χ2v) is 5.51. The first-order valence-electron chi connectivity index (χ1n) is 6.04. The molecule has 3 N–H and O–H groups in total. The van der Waals surface area contributed by atoms with Crippen molar-refractivity contribution in [1.29, 1.82) is 0 Å². The summed E-state index contributed by atoms with van der Waals surface area (Å²) in [5.41, 5.74) is 7.56. The quantitative estimate of drug-likeness (QED) is 0.788. The number of nitrogens with one attached hydrogen (secondary N) is 1. The van der Waals surface area contributed by atoms with E-state index in [1.54, 1.807) is 0 Å². The van der Waals surface area contributed by atoms with Gasteiger partial charge in [0.15, 0.2) is 11.5 Å². The second-order valence-electron chi connectivity index (χ2n) is 5.51. The van der Waals surface area contributed by atoms with E-state index >= 15 is 0 Å². The van der Waals surface area contributed by atoms with Gasteiger partial charge in [-0.3, -0.25) is 0 Å². The zero-order valence-corrected chi connectivity index (χ0v) is 10.2. The lowest BCUT2D eigenvalue weighted by atomic mass is 9.81. The van der Waals surface area contributed by atoms with Crippen molar-refractivity contribution in [3.05, 3.63) is 12.2 Å². The molecule has 1 aliphatic rings. The maximum atomic E-state index is 5.81. The van der Waals surface area contributed by atoms with E-state index in [1.807, 2.05) is 0 Å². The minimum absolute atomic E-state index is 0.302. The third kappa shape index (κ3) is 1.57. The van der Waals surface area contributed by atoms with Crippen LogP contribution in [0.1, 0.15) is 44.9 Å². The Morgan fingerprint density at radius 3 is 2.88 bits per heavy atom. The van der Waals surface area contributed by atoms with Crippen molar-refractivity contribution in [2.75, 3.05) is 5.73 Å². The van der Waals surface area contributed by atoms with Crippen LogP contribution in [0, 0.1) is 5.41 Å². The maximum absolute atomic E-state index is 5.81. The molecule has 0 saturated heterocycles. The van der Waals surface area contributed by atoms with Crippen LogP contribution in [0.25, 0.3) is 11.2 Å². The first kappa shape index (κ1) is 10.5. The Labute approximate surface area is 99.9 Å². The molecule has 0 radical (unpaired) electrons. The summed E-state index contributed by atoms with van der Waals surface area (Å²) in [6.07, 6.45) is 5.15. The summed E-state index contributed by atoms with van der Waals surface area (Å²) in [5, 5.41) is 0. The van der Waals surface area contributed by atoms with E-state index in [4.69, 9.17) is 5.73 Å². The molecule has 2 aromatic heterocycles. The molecule has 2 aromatic rings. The van der Waals surface area contributed by atoms with E-state index in [9.17, 15) is 0 Å². The van der Waals surface area contributed by atoms with E-state index in [0.717, 1.165) is 11.3 Å². The Kier molecular flexibility index (Phi) is 2.11. The smallest absolute Gasteiger partial charge is 0.183 e. The standard InChI is InChI=1S/C12H17N5/c1-12(2)5-3-4-7(12)10-16-8-9(13)14-6-15-11(8)17-10/h6-7H,3-5H2,1-2H3,(H3,13,14,15,16,17). The highest BCUT2D eigenvalue weighted by Gasteiger charge is 2.37. The molecule has 0 amide bonds. The number of aromatic nitrogens is 4. The molecule has 90 valence electrons. The van der Waals surface area contributed by atoms with Crippen LogP contribution >= 0.6 is 0 Å². The fraction of sp³-hybridized carbons (Fsp3) is 0.583. The molecular weight excluding hydrogens is 214 g/mol. The van der Waals surface area contributed by atoms with Crippen LogP contribution < -0.4 is 5.73 Å². The zero-order valence-electron chi connectivity index (χ0n) is 10.2. The van der Waals surface area contributed by atoms with E-state index in [2.05, 4.69) is 33.8 Å². The van der Waals surface area contributed by atoms with Crippen LogP contribution in [0.3, 0.4) is 0 Å². The molecule has 0 aliphatic heterocycles. The number of nitrogens with two attached hydrogens (primary N) is 1. The number of hydrogen-bond acceptors (Lipinski definition) is 4. The summed E-state index contributed by atoms with van der Waals surface area (Å²) in [4.78, 5) is 16.0. The maximum Gasteiger partial charge on any atom is 0.183 e. The molecule has 0 bridgehead atoms. The Balaban J connectivity index is 2.10. The van der Waals surface area contributed by atoms with Gasteiger partial charge in [0.05, 0.1) is 0 Å². The Hall–Kier alpha value is -1.65. The van der Waals surface area contributed by atoms with Crippen LogP contribution in [-0.4, -0.2) is 19.9 Å². The van der Waals surface area contributed by atoms with E-state index in [0.29, 0.717) is 22.8 Å². The van der Waals surface area contributed by atoms with Crippen molar-refractivity contribution >= 4 is 17.0 Å². The molecular formula is C12H17N5. The van der Waals surface area contributed by atoms with Crippen molar-refractivity contribution < 1.29 is 0 Å². The lowest BCUT2D eigenvalue weighted by Gasteiger charge is -2.24. The van der Waals surface area contributed by atoms with Crippen LogP contribution in [0.5, 0.6) is 0 Å². The van der Waals surface area contributed by atoms with Gasteiger partial charge in [0, 0.05) is 5.92 Å². The molecule has 17 heavy (non-hydrogen) atoms. The molecule has 3 rings (SSSR count). The van der Waals surface area contributed by atoms with Crippen LogP contribution in [-0.2, 0) is 0 Å². The molecule has 0 aromatic carbocycles. The first-order valence-corrected chi connectivity index (χ1v) is 6.04. The Morgan fingerprint density at radius 1 is 1.41 bits per heavy atom. The first-order chi connectivity index (χ1) is 8.08. The molecule has 1 fully saturated rings. The number of hydrogen-bond donors (Lipinski definition) is 2. The van der Waals surface area contributed by atoms with Gasteiger partial charge < -0.3 is 10.7 Å². The van der Waals surface area contributed by atoms with Gasteiger partial charge in [-0.1, -0.05) is 20.3 Å². The monoisotopic (exact) mass is 231 g/mol. The molecule has 1 unspecified atom stereocenters. The lowest BCUT2D eigenvalue weighted by Crippen LogP contribution is -2.16. The topological polar surface area (TPSA) is 80.5 Å². The van der Waals surface area contributed by atoms with Crippen LogP contribution in [0.2, 0.25) is 0 Å². The van der Waals surface area contributed by atoms with E-state index in [1.165, 1.54) is 25.6 Å². The van der Waals surface area contributed by atoms with Crippen molar-refractivity contribution in [3.8, 4) is 0 Å². The number of aromatic amines is 1. The Morgan fingerprint density at radius 2 is 2.24 bits per heavy atom. The number of nitrogens with zero attached hydrogens (tertiary/aromatic N) is 3. The van der Waals surface area contributed by atoms with E-state index in [-0.39, 0.29) is 0 Å². The predicted octanol–water partition coefficient (Wildman–Crippen LogP) is 2.23. The minimum atomic E-state index is 0.302. The van der Waals surface area contributed by atoms with Gasteiger partial charge >= 0.3 is 0 Å². The van der Waals surface area contributed by atoms with Crippen LogP contribution in [0.4, 0.5) is 5.82 Å². The minimum Gasteiger partial charge on any atom is -0.382 e. The average molecular weight is 231 g/mol. The van der Waals surface area contributed by atoms with Crippen LogP contribution in [0.15, 0.2) is 6.33 Å². The number of fused-ring (bicyclic) bond motifs is 1. The highest BCUT2D eigenvalue weighted by molar-refractivity contribution is 5.81. The molecule has 2 heterocycles. The number of imidazole rings is 1. The van der Waals surface area contributed by atoms with Crippen molar-refractivity contribution in [3.63, 3.8) is 0 Å². The fourth-order valence-electron chi connectivity index (χ4n) is 2.86. The summed E-state index contributed by atoms with van der Waals surface area (Å²) in [6.45, 7) is 4.60. The lowest BCUT2D eigenvalue weighted by molar-refractivity contribution is 0.323. The van der Waals surface area contributed by atoms with Gasteiger partial charge in [0.1, 0.15) is 17.7 Å². The fourth-order valence-corrected chi connectivity index (χ4v) is 2.86. The summed E-state index contributed by atoms with van der Waals surface area (Å²) in [7, 11) is 0. The molecule has 5 heteroatoms. The molecule has 0 spiro atoms. The summed E-state index contributed by atoms with van der Waals surface area (Å²) in [6, 6.07) is 0. The molecule has 1 aliphatic carbocycles. The Bertz CT molecular complexity index is 557. The molecule has 1 saturated carbocycles. The third-order valence-electron chi connectivity index (χ3n) is 3.92. The SMILES string of the molecule is CC1(C)CCCC1c1nc2ncnc(N)c2[nH]1. The molecule has 1 atom stereocenters. The average Bonchev–Trinajstić information content (AvgIpc) is 2.81. The van der Waals surface area contributed by atoms with Crippen molar-refractivity contribution in [2.45, 2.75) is 39.0 Å². The van der Waals surface area contributed by atoms with Gasteiger partial charge in [-0.15, -0.1) is 0 Å². The number of anilines is 1. The number of H-pyrrole nitrogens is 1. The van der Waals surface area contributed by atoms with Gasteiger partial charge in [0.2, 0.25) is 0 Å². The summed E-state index contributed by atoms with van der Waals surface area (Å²) < 4.78 is 0. The van der Waals surface area contributed by atoms with Gasteiger partial charge in [-0.25, -0.2) is 15.0 Å². The number of nitrogen functional groups attached to an aromatic ring is 1. The summed E-state index contributed by atoms with van der Waals surface area (Å²) >= 11 is 0. The van der Waals surface area contributed by atoms with Crippen molar-refractivity contribution in [2.24, 2.45) is 5.41 Å². The van der Waals surface area contributed by atoms with Gasteiger partial charge in [-0.05, 0) is 18.3 Å². The number of rotatable bonds is 1. The highest BCUT2D eigenvalue weighted by Crippen LogP contribution is 2.48. The largest absolute Gasteiger partial charge is 0.382 e. The third-order valence-corrected chi connectivity index (χ3v) is 3.92. The zero-order chi connectivity index (χ0) is 12.0. The van der Waals surface area contributed by atoms with Gasteiger partial charge in [-0.2, -0.15) is 0 Å². The summed E-state index contributed by atoms with van der Waals surface area (Å²) in [5.74, 6) is 1.95. The predicted molar refractivity (Wildman–Crippen MR) is 66.5 cm³/mol. The highest BCUT2D eigenvalue weighted by atomic mass is 15.1.